The van der Waals surface area contributed by atoms with Crippen LogP contribution in [0.25, 0.3) is 11.3 Å². The summed E-state index contributed by atoms with van der Waals surface area (Å²) in [7, 11) is 0. The van der Waals surface area contributed by atoms with Gasteiger partial charge in [0.25, 0.3) is 0 Å². The molecule has 0 aliphatic rings. The summed E-state index contributed by atoms with van der Waals surface area (Å²) in [5.41, 5.74) is -0.0448. The van der Waals surface area contributed by atoms with Crippen molar-refractivity contribution in [1.82, 2.24) is 4.98 Å². The Bertz CT molecular complexity index is 690. The van der Waals surface area contributed by atoms with Crippen LogP contribution in [0.1, 0.15) is 10.5 Å². The van der Waals surface area contributed by atoms with Gasteiger partial charge in [-0.1, -0.05) is 58.0 Å². The highest BCUT2D eigenvalue weighted by atomic mass is 35.5. The van der Waals surface area contributed by atoms with Crippen molar-refractivity contribution in [2.75, 3.05) is 0 Å². The van der Waals surface area contributed by atoms with Crippen LogP contribution in [-0.2, 0) is 0 Å². The summed E-state index contributed by atoms with van der Waals surface area (Å²) in [6.07, 6.45) is 0.278. The number of carbonyl (C=O) groups excluding carboxylic acids is 1. The molecule has 8 heteroatoms. The van der Waals surface area contributed by atoms with Crippen LogP contribution in [0, 0.1) is 5.82 Å². The third-order valence-corrected chi connectivity index (χ3v) is 4.73. The number of hydrogen-bond donors (Lipinski definition) is 0. The molecule has 0 atom stereocenters. The third kappa shape index (κ3) is 2.61. The molecule has 0 spiro atoms. The van der Waals surface area contributed by atoms with Gasteiger partial charge in [-0.05, 0) is 12.1 Å². The van der Waals surface area contributed by atoms with Gasteiger partial charge in [0, 0.05) is 5.56 Å². The maximum absolute atomic E-state index is 13.3. The Hall–Kier alpha value is -0.580. The van der Waals surface area contributed by atoms with Gasteiger partial charge in [0.1, 0.15) is 5.69 Å². The molecule has 0 radical (unpaired) electrons. The van der Waals surface area contributed by atoms with Crippen LogP contribution in [0.4, 0.5) is 4.39 Å². The smallest absolute Gasteiger partial charge is 0.171 e. The second-order valence-electron chi connectivity index (χ2n) is 3.63. The molecule has 0 aliphatic carbocycles. The SMILES string of the molecule is O=Cc1nc(-c2c(Cl)c(Cl)c(Cl)c(Cl)c2Cl)ccc1F. The maximum atomic E-state index is 13.3. The van der Waals surface area contributed by atoms with E-state index in [-0.39, 0.29) is 48.4 Å². The molecule has 0 fully saturated rings. The fourth-order valence-corrected chi connectivity index (χ4v) is 2.84. The standard InChI is InChI=1S/C12H3Cl5FNO/c13-8-7(9(14)11(16)12(17)10(8)15)5-2-1-4(18)6(3-20)19-5/h1-3H. The first-order chi connectivity index (χ1) is 9.38. The van der Waals surface area contributed by atoms with Crippen LogP contribution in [0.15, 0.2) is 12.1 Å². The Morgan fingerprint density at radius 1 is 0.900 bits per heavy atom. The molecule has 0 aliphatic heterocycles. The van der Waals surface area contributed by atoms with Crippen molar-refractivity contribution in [3.05, 3.63) is 48.8 Å². The average molecular weight is 373 g/mol. The monoisotopic (exact) mass is 371 g/mol. The molecule has 0 bridgehead atoms. The second-order valence-corrected chi connectivity index (χ2v) is 5.52. The molecule has 20 heavy (non-hydrogen) atoms. The van der Waals surface area contributed by atoms with Gasteiger partial charge in [-0.2, -0.15) is 0 Å². The van der Waals surface area contributed by atoms with Crippen LogP contribution in [0.5, 0.6) is 0 Å². The number of carbonyl (C=O) groups is 1. The third-order valence-electron chi connectivity index (χ3n) is 2.45. The van der Waals surface area contributed by atoms with E-state index in [2.05, 4.69) is 4.98 Å². The predicted octanol–water partition coefficient (Wildman–Crippen LogP) is 5.97. The van der Waals surface area contributed by atoms with Crippen LogP contribution >= 0.6 is 58.0 Å². The number of hydrogen-bond acceptors (Lipinski definition) is 2. The number of nitrogens with zero attached hydrogens (tertiary/aromatic N) is 1. The van der Waals surface area contributed by atoms with Crippen LogP contribution in [0.3, 0.4) is 0 Å². The van der Waals surface area contributed by atoms with Gasteiger partial charge in [-0.3, -0.25) is 4.79 Å². The molecule has 1 aromatic carbocycles. The summed E-state index contributed by atoms with van der Waals surface area (Å²) in [4.78, 5) is 14.5. The van der Waals surface area contributed by atoms with Gasteiger partial charge < -0.3 is 0 Å². The highest BCUT2D eigenvalue weighted by molar-refractivity contribution is 6.56. The average Bonchev–Trinajstić information content (AvgIpc) is 2.45. The first-order valence-electron chi connectivity index (χ1n) is 5.02. The van der Waals surface area contributed by atoms with E-state index < -0.39 is 5.82 Å². The van der Waals surface area contributed by atoms with Crippen LogP contribution in [-0.4, -0.2) is 11.3 Å². The maximum Gasteiger partial charge on any atom is 0.171 e. The van der Waals surface area contributed by atoms with Crippen molar-refractivity contribution < 1.29 is 9.18 Å². The van der Waals surface area contributed by atoms with E-state index in [0.29, 0.717) is 0 Å². The van der Waals surface area contributed by atoms with E-state index in [1.807, 2.05) is 0 Å². The molecule has 1 heterocycles. The Balaban J connectivity index is 2.79. The summed E-state index contributed by atoms with van der Waals surface area (Å²) >= 11 is 29.9. The number of aldehydes is 1. The molecule has 104 valence electrons. The Morgan fingerprint density at radius 3 is 1.90 bits per heavy atom. The highest BCUT2D eigenvalue weighted by Crippen LogP contribution is 2.47. The summed E-state index contributed by atoms with van der Waals surface area (Å²) < 4.78 is 13.3. The molecule has 0 N–H and O–H groups in total. The van der Waals surface area contributed by atoms with Crippen molar-refractivity contribution in [2.45, 2.75) is 0 Å². The zero-order valence-corrected chi connectivity index (χ0v) is 13.1. The summed E-state index contributed by atoms with van der Waals surface area (Å²) in [5, 5.41) is 0.0295. The van der Waals surface area contributed by atoms with Gasteiger partial charge >= 0.3 is 0 Å². The van der Waals surface area contributed by atoms with Gasteiger partial charge in [-0.25, -0.2) is 9.37 Å². The molecule has 2 nitrogen and oxygen atoms in total. The number of pyridine rings is 1. The zero-order valence-electron chi connectivity index (χ0n) is 9.36. The van der Waals surface area contributed by atoms with Crippen molar-refractivity contribution >= 4 is 64.3 Å². The summed E-state index contributed by atoms with van der Waals surface area (Å²) in [6, 6.07) is 2.37. The summed E-state index contributed by atoms with van der Waals surface area (Å²) in [6.45, 7) is 0. The van der Waals surface area contributed by atoms with E-state index in [1.165, 1.54) is 6.07 Å². The zero-order chi connectivity index (χ0) is 15.0. The highest BCUT2D eigenvalue weighted by Gasteiger charge is 2.21. The second kappa shape index (κ2) is 6.04. The number of benzene rings is 1. The van der Waals surface area contributed by atoms with E-state index in [4.69, 9.17) is 58.0 Å². The van der Waals surface area contributed by atoms with Crippen molar-refractivity contribution in [1.29, 1.82) is 0 Å². The lowest BCUT2D eigenvalue weighted by molar-refractivity contribution is 0.111. The molecule has 2 aromatic rings. The fraction of sp³-hybridized carbons (Fsp3) is 0. The normalized spacial score (nSPS) is 10.7. The van der Waals surface area contributed by atoms with Gasteiger partial charge in [0.2, 0.25) is 0 Å². The molecule has 0 saturated carbocycles. The molecular formula is C12H3Cl5FNO. The number of halogens is 6. The topological polar surface area (TPSA) is 30.0 Å². The minimum atomic E-state index is -0.762. The van der Waals surface area contributed by atoms with Crippen molar-refractivity contribution in [2.24, 2.45) is 0 Å². The van der Waals surface area contributed by atoms with E-state index >= 15 is 0 Å². The fourth-order valence-electron chi connectivity index (χ4n) is 1.51. The van der Waals surface area contributed by atoms with Gasteiger partial charge in [-0.15, -0.1) is 0 Å². The minimum Gasteiger partial charge on any atom is -0.296 e. The quantitative estimate of drug-likeness (QED) is 0.369. The Morgan fingerprint density at radius 2 is 1.40 bits per heavy atom. The first kappa shape index (κ1) is 15.8. The predicted molar refractivity (Wildman–Crippen MR) is 80.1 cm³/mol. The molecular weight excluding hydrogens is 370 g/mol. The number of rotatable bonds is 2. The lowest BCUT2D eigenvalue weighted by Crippen LogP contribution is -1.96. The van der Waals surface area contributed by atoms with Gasteiger partial charge in [0.15, 0.2) is 12.1 Å². The molecule has 0 saturated heterocycles. The van der Waals surface area contributed by atoms with E-state index in [1.54, 1.807) is 0 Å². The van der Waals surface area contributed by atoms with Crippen LogP contribution in [0.2, 0.25) is 25.1 Å². The summed E-state index contributed by atoms with van der Waals surface area (Å²) in [5.74, 6) is -0.762. The Kier molecular flexibility index (Phi) is 4.77. The molecule has 0 amide bonds. The molecule has 2 rings (SSSR count). The number of aromatic nitrogens is 1. The van der Waals surface area contributed by atoms with E-state index in [0.717, 1.165) is 6.07 Å². The van der Waals surface area contributed by atoms with Crippen molar-refractivity contribution in [3.63, 3.8) is 0 Å². The largest absolute Gasteiger partial charge is 0.296 e. The van der Waals surface area contributed by atoms with Gasteiger partial charge in [0.05, 0.1) is 30.8 Å². The molecule has 1 aromatic heterocycles. The Labute approximate surface area is 138 Å². The van der Waals surface area contributed by atoms with Crippen LogP contribution < -0.4 is 0 Å². The lowest BCUT2D eigenvalue weighted by Gasteiger charge is -2.12. The lowest BCUT2D eigenvalue weighted by atomic mass is 10.1. The first-order valence-corrected chi connectivity index (χ1v) is 6.91. The minimum absolute atomic E-state index is 0.00323. The molecule has 0 unspecified atom stereocenters. The van der Waals surface area contributed by atoms with E-state index in [9.17, 15) is 9.18 Å². The van der Waals surface area contributed by atoms with Crippen molar-refractivity contribution in [3.8, 4) is 11.3 Å².